The Morgan fingerprint density at radius 2 is 1.67 bits per heavy atom. The van der Waals surface area contributed by atoms with Crippen molar-refractivity contribution in [3.63, 3.8) is 0 Å². The van der Waals surface area contributed by atoms with E-state index in [4.69, 9.17) is 11.6 Å². The molecule has 2 amide bonds. The fraction of sp³-hybridized carbons (Fsp3) is 0.350. The third-order valence-electron chi connectivity index (χ3n) is 4.54. The molecule has 0 saturated carbocycles. The number of para-hydroxylation sites is 1. The molecular formula is C20H24ClN3O2S. The van der Waals surface area contributed by atoms with Crippen molar-refractivity contribution in [1.82, 2.24) is 10.2 Å². The lowest BCUT2D eigenvalue weighted by Gasteiger charge is -2.36. The number of anilines is 1. The van der Waals surface area contributed by atoms with Crippen molar-refractivity contribution in [2.75, 3.05) is 43.4 Å². The van der Waals surface area contributed by atoms with Gasteiger partial charge in [0, 0.05) is 55.0 Å². The van der Waals surface area contributed by atoms with Crippen LogP contribution in [0, 0.1) is 0 Å². The van der Waals surface area contributed by atoms with Gasteiger partial charge in [0.2, 0.25) is 0 Å². The molecule has 3 rings (SSSR count). The topological polar surface area (TPSA) is 52.7 Å². The first kappa shape index (κ1) is 19.7. The van der Waals surface area contributed by atoms with E-state index in [1.165, 1.54) is 0 Å². The number of amides is 2. The Kier molecular flexibility index (Phi) is 7.12. The van der Waals surface area contributed by atoms with Crippen LogP contribution in [0.15, 0.2) is 54.6 Å². The van der Waals surface area contributed by atoms with Gasteiger partial charge in [0.15, 0.2) is 0 Å². The Bertz CT molecular complexity index is 780. The molecule has 1 saturated heterocycles. The highest BCUT2D eigenvalue weighted by atomic mass is 35.5. The Hall–Kier alpha value is -2.05. The zero-order chi connectivity index (χ0) is 19.1. The predicted octanol–water partition coefficient (Wildman–Crippen LogP) is 3.12. The van der Waals surface area contributed by atoms with Gasteiger partial charge >= 0.3 is 6.03 Å². The van der Waals surface area contributed by atoms with Gasteiger partial charge in [-0.25, -0.2) is 4.79 Å². The maximum atomic E-state index is 12.3. The Labute approximate surface area is 167 Å². The number of urea groups is 1. The molecule has 0 aliphatic carbocycles. The van der Waals surface area contributed by atoms with Crippen LogP contribution >= 0.6 is 11.6 Å². The molecular weight excluding hydrogens is 382 g/mol. The molecule has 0 aromatic heterocycles. The smallest absolute Gasteiger partial charge is 0.317 e. The molecule has 1 aliphatic rings. The summed E-state index contributed by atoms with van der Waals surface area (Å²) in [6, 6.07) is 17.4. The number of nitrogens with one attached hydrogen (secondary N) is 1. The van der Waals surface area contributed by atoms with E-state index >= 15 is 0 Å². The number of halogens is 1. The van der Waals surface area contributed by atoms with E-state index in [1.54, 1.807) is 4.90 Å². The molecule has 7 heteroatoms. The van der Waals surface area contributed by atoms with Gasteiger partial charge in [0.1, 0.15) is 0 Å². The van der Waals surface area contributed by atoms with Crippen LogP contribution in [0.4, 0.5) is 10.5 Å². The molecule has 0 bridgehead atoms. The summed E-state index contributed by atoms with van der Waals surface area (Å²) >= 11 is 6.25. The summed E-state index contributed by atoms with van der Waals surface area (Å²) in [6.45, 7) is 3.20. The fourth-order valence-electron chi connectivity index (χ4n) is 3.07. The van der Waals surface area contributed by atoms with Crippen molar-refractivity contribution in [2.45, 2.75) is 5.75 Å². The maximum Gasteiger partial charge on any atom is 0.317 e. The molecule has 1 heterocycles. The predicted molar refractivity (Wildman–Crippen MR) is 112 cm³/mol. The third kappa shape index (κ3) is 5.71. The normalized spacial score (nSPS) is 15.4. The van der Waals surface area contributed by atoms with E-state index < -0.39 is 10.8 Å². The molecule has 1 fully saturated rings. The fourth-order valence-corrected chi connectivity index (χ4v) is 4.37. The number of hydrogen-bond acceptors (Lipinski definition) is 3. The molecule has 2 aromatic carbocycles. The largest absolute Gasteiger partial charge is 0.367 e. The molecule has 0 spiro atoms. The lowest BCUT2D eigenvalue weighted by Crippen LogP contribution is -2.52. The highest BCUT2D eigenvalue weighted by molar-refractivity contribution is 7.84. The molecule has 2 aromatic rings. The lowest BCUT2D eigenvalue weighted by atomic mass is 10.2. The van der Waals surface area contributed by atoms with E-state index in [9.17, 15) is 9.00 Å². The zero-order valence-corrected chi connectivity index (χ0v) is 16.7. The number of carbonyl (C=O) groups excluding carboxylic acids is 1. The van der Waals surface area contributed by atoms with Crippen LogP contribution < -0.4 is 10.2 Å². The van der Waals surface area contributed by atoms with E-state index in [2.05, 4.69) is 10.2 Å². The monoisotopic (exact) mass is 405 g/mol. The number of piperazine rings is 1. The number of hydrogen-bond donors (Lipinski definition) is 1. The molecule has 1 N–H and O–H groups in total. The van der Waals surface area contributed by atoms with Crippen molar-refractivity contribution in [3.05, 3.63) is 65.2 Å². The second kappa shape index (κ2) is 9.76. The van der Waals surface area contributed by atoms with Gasteiger partial charge in [0.25, 0.3) is 0 Å². The van der Waals surface area contributed by atoms with Crippen molar-refractivity contribution >= 4 is 34.1 Å². The second-order valence-electron chi connectivity index (χ2n) is 6.43. The Balaban J connectivity index is 1.38. The summed E-state index contributed by atoms with van der Waals surface area (Å²) in [5.41, 5.74) is 2.06. The SMILES string of the molecule is O=C(NCCS(=O)Cc1ccccc1)N1CCN(c2ccccc2Cl)CC1. The van der Waals surface area contributed by atoms with Gasteiger partial charge in [-0.3, -0.25) is 4.21 Å². The van der Waals surface area contributed by atoms with Crippen molar-refractivity contribution in [3.8, 4) is 0 Å². The van der Waals surface area contributed by atoms with E-state index in [1.807, 2.05) is 54.6 Å². The summed E-state index contributed by atoms with van der Waals surface area (Å²) in [6.07, 6.45) is 0. The molecule has 5 nitrogen and oxygen atoms in total. The van der Waals surface area contributed by atoms with E-state index in [0.717, 1.165) is 29.4 Å². The first-order valence-electron chi connectivity index (χ1n) is 9.04. The lowest BCUT2D eigenvalue weighted by molar-refractivity contribution is 0.195. The third-order valence-corrected chi connectivity index (χ3v) is 6.17. The molecule has 0 radical (unpaired) electrons. The standard InChI is InChI=1S/C20H24ClN3O2S/c21-18-8-4-5-9-19(18)23-11-13-24(14-12-23)20(25)22-10-15-27(26)16-17-6-2-1-3-7-17/h1-9H,10-16H2,(H,22,25). The van der Waals surface area contributed by atoms with Crippen LogP contribution in [0.5, 0.6) is 0 Å². The van der Waals surface area contributed by atoms with Gasteiger partial charge in [-0.15, -0.1) is 0 Å². The minimum atomic E-state index is -0.982. The number of carbonyl (C=O) groups is 1. The summed E-state index contributed by atoms with van der Waals surface area (Å²) in [4.78, 5) is 16.3. The molecule has 1 unspecified atom stereocenters. The highest BCUT2D eigenvalue weighted by Gasteiger charge is 2.22. The van der Waals surface area contributed by atoms with Crippen LogP contribution in [0.1, 0.15) is 5.56 Å². The van der Waals surface area contributed by atoms with Crippen molar-refractivity contribution in [1.29, 1.82) is 0 Å². The van der Waals surface area contributed by atoms with Crippen molar-refractivity contribution < 1.29 is 9.00 Å². The van der Waals surface area contributed by atoms with Crippen molar-refractivity contribution in [2.24, 2.45) is 0 Å². The highest BCUT2D eigenvalue weighted by Crippen LogP contribution is 2.25. The average Bonchev–Trinajstić information content (AvgIpc) is 2.69. The van der Waals surface area contributed by atoms with Crippen LogP contribution in [0.2, 0.25) is 5.02 Å². The average molecular weight is 406 g/mol. The van der Waals surface area contributed by atoms with Gasteiger partial charge in [-0.2, -0.15) is 0 Å². The zero-order valence-electron chi connectivity index (χ0n) is 15.1. The van der Waals surface area contributed by atoms with Gasteiger partial charge in [-0.05, 0) is 17.7 Å². The van der Waals surface area contributed by atoms with Gasteiger partial charge in [-0.1, -0.05) is 54.1 Å². The quantitative estimate of drug-likeness (QED) is 0.803. The van der Waals surface area contributed by atoms with Crippen LogP contribution in [-0.2, 0) is 16.6 Å². The van der Waals surface area contributed by atoms with E-state index in [-0.39, 0.29) is 6.03 Å². The maximum absolute atomic E-state index is 12.3. The van der Waals surface area contributed by atoms with E-state index in [0.29, 0.717) is 31.1 Å². The first-order valence-corrected chi connectivity index (χ1v) is 10.9. The first-order chi connectivity index (χ1) is 13.1. The summed E-state index contributed by atoms with van der Waals surface area (Å²) in [5.74, 6) is 0.980. The molecule has 144 valence electrons. The Morgan fingerprint density at radius 1 is 1.00 bits per heavy atom. The second-order valence-corrected chi connectivity index (χ2v) is 8.42. The van der Waals surface area contributed by atoms with Crippen LogP contribution in [0.25, 0.3) is 0 Å². The minimum Gasteiger partial charge on any atom is -0.367 e. The number of benzene rings is 2. The molecule has 27 heavy (non-hydrogen) atoms. The van der Waals surface area contributed by atoms with Gasteiger partial charge < -0.3 is 15.1 Å². The summed E-state index contributed by atoms with van der Waals surface area (Å²) in [7, 11) is -0.982. The molecule has 1 aliphatic heterocycles. The summed E-state index contributed by atoms with van der Waals surface area (Å²) in [5, 5.41) is 3.62. The number of nitrogens with zero attached hydrogens (tertiary/aromatic N) is 2. The van der Waals surface area contributed by atoms with Crippen LogP contribution in [-0.4, -0.2) is 53.6 Å². The Morgan fingerprint density at radius 3 is 2.37 bits per heavy atom. The molecule has 1 atom stereocenters. The van der Waals surface area contributed by atoms with Crippen LogP contribution in [0.3, 0.4) is 0 Å². The van der Waals surface area contributed by atoms with Gasteiger partial charge in [0.05, 0.1) is 10.7 Å². The number of rotatable bonds is 6. The minimum absolute atomic E-state index is 0.0921. The summed E-state index contributed by atoms with van der Waals surface area (Å²) < 4.78 is 12.1.